The monoisotopic (exact) mass is 425 g/mol. The fourth-order valence-electron chi connectivity index (χ4n) is 3.35. The van der Waals surface area contributed by atoms with Crippen LogP contribution in [-0.4, -0.2) is 24.3 Å². The van der Waals surface area contributed by atoms with Crippen LogP contribution in [0.25, 0.3) is 0 Å². The predicted octanol–water partition coefficient (Wildman–Crippen LogP) is 5.88. The number of unbranched alkanes of at least 4 members (excludes halogenated alkanes) is 5. The Hall–Kier alpha value is -2.66. The summed E-state index contributed by atoms with van der Waals surface area (Å²) in [6, 6.07) is 17.4. The lowest BCUT2D eigenvalue weighted by Crippen LogP contribution is -2.28. The number of rotatable bonds is 14. The van der Waals surface area contributed by atoms with Crippen LogP contribution in [0, 0.1) is 0 Å². The zero-order valence-electron chi connectivity index (χ0n) is 18.5. The molecule has 0 bridgehead atoms. The van der Waals surface area contributed by atoms with E-state index >= 15 is 0 Å². The molecule has 0 saturated carbocycles. The maximum atomic E-state index is 12.5. The second kappa shape index (κ2) is 14.4. The molecule has 5 heteroatoms. The quantitative estimate of drug-likeness (QED) is 0.232. The molecule has 1 atom stereocenters. The summed E-state index contributed by atoms with van der Waals surface area (Å²) in [5.74, 6) is -1.04. The van der Waals surface area contributed by atoms with Gasteiger partial charge in [0.25, 0.3) is 0 Å². The number of carbonyl (C=O) groups is 2. The molecule has 0 aliphatic rings. The lowest BCUT2D eigenvalue weighted by atomic mass is 10.0. The molecule has 0 saturated heterocycles. The van der Waals surface area contributed by atoms with Gasteiger partial charge < -0.3 is 15.2 Å². The largest absolute Gasteiger partial charge is 0.422 e. The third kappa shape index (κ3) is 9.79. The van der Waals surface area contributed by atoms with Crippen LogP contribution < -0.4 is 5.73 Å². The molecule has 168 valence electrons. The molecule has 0 aliphatic carbocycles. The Morgan fingerprint density at radius 2 is 1.19 bits per heavy atom. The van der Waals surface area contributed by atoms with Gasteiger partial charge in [-0.25, -0.2) is 9.59 Å². The summed E-state index contributed by atoms with van der Waals surface area (Å²) >= 11 is 0. The topological polar surface area (TPSA) is 78.6 Å². The number of esters is 2. The van der Waals surface area contributed by atoms with E-state index in [1.54, 1.807) is 48.5 Å². The number of carbonyl (C=O) groups excluding carboxylic acids is 2. The predicted molar refractivity (Wildman–Crippen MR) is 123 cm³/mol. The summed E-state index contributed by atoms with van der Waals surface area (Å²) in [6.07, 6.45) is 8.24. The maximum Gasteiger partial charge on any atom is 0.341 e. The van der Waals surface area contributed by atoms with Crippen molar-refractivity contribution >= 4 is 11.9 Å². The van der Waals surface area contributed by atoms with E-state index in [1.165, 1.54) is 32.1 Å². The standard InChI is InChI=1S/C26H35NO4/c1-2-3-4-5-6-13-18-23(27)19-20-24(30-25(28)21-14-9-7-10-15-21)31-26(29)22-16-11-8-12-17-22/h7-12,14-17,23-24H,2-6,13,18-20,27H2,1H3. The molecule has 0 radical (unpaired) electrons. The van der Waals surface area contributed by atoms with Crippen molar-refractivity contribution in [1.29, 1.82) is 0 Å². The van der Waals surface area contributed by atoms with E-state index in [9.17, 15) is 9.59 Å². The molecular formula is C26H35NO4. The van der Waals surface area contributed by atoms with E-state index in [1.807, 2.05) is 12.1 Å². The highest BCUT2D eigenvalue weighted by molar-refractivity contribution is 5.90. The smallest absolute Gasteiger partial charge is 0.341 e. The first-order chi connectivity index (χ1) is 15.1. The van der Waals surface area contributed by atoms with Gasteiger partial charge in [0.05, 0.1) is 11.1 Å². The molecule has 0 aliphatic heterocycles. The van der Waals surface area contributed by atoms with Crippen LogP contribution in [0.1, 0.15) is 85.4 Å². The summed E-state index contributed by atoms with van der Waals surface area (Å²) in [6.45, 7) is 2.21. The second-order valence-corrected chi connectivity index (χ2v) is 7.87. The molecule has 2 rings (SSSR count). The van der Waals surface area contributed by atoms with Crippen molar-refractivity contribution in [2.45, 2.75) is 77.0 Å². The molecule has 1 unspecified atom stereocenters. The van der Waals surface area contributed by atoms with Crippen molar-refractivity contribution in [3.05, 3.63) is 71.8 Å². The highest BCUT2D eigenvalue weighted by Crippen LogP contribution is 2.16. The third-order valence-corrected chi connectivity index (χ3v) is 5.20. The van der Waals surface area contributed by atoms with E-state index in [2.05, 4.69) is 6.92 Å². The van der Waals surface area contributed by atoms with Gasteiger partial charge in [-0.1, -0.05) is 81.8 Å². The molecule has 0 fully saturated rings. The Bertz CT molecular complexity index is 710. The fraction of sp³-hybridized carbons (Fsp3) is 0.462. The summed E-state index contributed by atoms with van der Waals surface area (Å²) in [4.78, 5) is 24.9. The Kier molecular flexibility index (Phi) is 11.4. The molecule has 2 aromatic rings. The van der Waals surface area contributed by atoms with E-state index < -0.39 is 18.2 Å². The first-order valence-corrected chi connectivity index (χ1v) is 11.4. The van der Waals surface area contributed by atoms with Crippen molar-refractivity contribution in [2.75, 3.05) is 0 Å². The molecule has 5 nitrogen and oxygen atoms in total. The summed E-state index contributed by atoms with van der Waals surface area (Å²) in [5.41, 5.74) is 7.10. The average Bonchev–Trinajstić information content (AvgIpc) is 2.80. The van der Waals surface area contributed by atoms with Crippen molar-refractivity contribution in [3.8, 4) is 0 Å². The SMILES string of the molecule is CCCCCCCCC(N)CCC(OC(=O)c1ccccc1)OC(=O)c1ccccc1. The van der Waals surface area contributed by atoms with Gasteiger partial charge in [-0.2, -0.15) is 0 Å². The first-order valence-electron chi connectivity index (χ1n) is 11.4. The van der Waals surface area contributed by atoms with E-state index in [4.69, 9.17) is 15.2 Å². The maximum absolute atomic E-state index is 12.5. The molecular weight excluding hydrogens is 390 g/mol. The first kappa shape index (κ1) is 24.6. The Labute approximate surface area is 185 Å². The molecule has 2 aromatic carbocycles. The van der Waals surface area contributed by atoms with Gasteiger partial charge >= 0.3 is 11.9 Å². The van der Waals surface area contributed by atoms with Gasteiger partial charge in [-0.3, -0.25) is 0 Å². The molecule has 31 heavy (non-hydrogen) atoms. The number of hydrogen-bond donors (Lipinski definition) is 1. The number of benzene rings is 2. The van der Waals surface area contributed by atoms with Gasteiger partial charge in [0, 0.05) is 12.5 Å². The normalized spacial score (nSPS) is 11.8. The van der Waals surface area contributed by atoms with Gasteiger partial charge in [0.15, 0.2) is 0 Å². The van der Waals surface area contributed by atoms with Crippen LogP contribution in [0.2, 0.25) is 0 Å². The average molecular weight is 426 g/mol. The minimum Gasteiger partial charge on any atom is -0.422 e. The van der Waals surface area contributed by atoms with Crippen molar-refractivity contribution in [3.63, 3.8) is 0 Å². The number of ether oxygens (including phenoxy) is 2. The van der Waals surface area contributed by atoms with Crippen molar-refractivity contribution < 1.29 is 19.1 Å². The summed E-state index contributed by atoms with van der Waals surface area (Å²) in [5, 5.41) is 0. The van der Waals surface area contributed by atoms with Crippen LogP contribution in [0.5, 0.6) is 0 Å². The van der Waals surface area contributed by atoms with Crippen molar-refractivity contribution in [2.24, 2.45) is 5.73 Å². The molecule has 0 heterocycles. The van der Waals surface area contributed by atoms with Crippen LogP contribution >= 0.6 is 0 Å². The van der Waals surface area contributed by atoms with E-state index in [0.717, 1.165) is 12.8 Å². The Balaban J connectivity index is 1.87. The number of hydrogen-bond acceptors (Lipinski definition) is 5. The van der Waals surface area contributed by atoms with E-state index in [0.29, 0.717) is 24.0 Å². The highest BCUT2D eigenvalue weighted by atomic mass is 16.7. The minimum atomic E-state index is -0.976. The van der Waals surface area contributed by atoms with E-state index in [-0.39, 0.29) is 6.04 Å². The second-order valence-electron chi connectivity index (χ2n) is 7.87. The van der Waals surface area contributed by atoms with Gasteiger partial charge in [-0.05, 0) is 37.1 Å². The van der Waals surface area contributed by atoms with Crippen molar-refractivity contribution in [1.82, 2.24) is 0 Å². The van der Waals surface area contributed by atoms with Crippen LogP contribution in [0.15, 0.2) is 60.7 Å². The lowest BCUT2D eigenvalue weighted by Gasteiger charge is -2.20. The summed E-state index contributed by atoms with van der Waals surface area (Å²) < 4.78 is 11.0. The van der Waals surface area contributed by atoms with Gasteiger partial charge in [0.2, 0.25) is 6.29 Å². The lowest BCUT2D eigenvalue weighted by molar-refractivity contribution is -0.0842. The van der Waals surface area contributed by atoms with Crippen LogP contribution in [0.4, 0.5) is 0 Å². The number of nitrogens with two attached hydrogens (primary N) is 1. The molecule has 2 N–H and O–H groups in total. The van der Waals surface area contributed by atoms with Gasteiger partial charge in [-0.15, -0.1) is 0 Å². The molecule has 0 aromatic heterocycles. The zero-order chi connectivity index (χ0) is 22.3. The molecule has 0 amide bonds. The van der Waals surface area contributed by atoms with Crippen LogP contribution in [0.3, 0.4) is 0 Å². The Morgan fingerprint density at radius 3 is 1.71 bits per heavy atom. The third-order valence-electron chi connectivity index (χ3n) is 5.20. The van der Waals surface area contributed by atoms with Gasteiger partial charge in [0.1, 0.15) is 0 Å². The minimum absolute atomic E-state index is 0.0143. The van der Waals surface area contributed by atoms with Crippen LogP contribution in [-0.2, 0) is 9.47 Å². The molecule has 0 spiro atoms. The summed E-state index contributed by atoms with van der Waals surface area (Å²) in [7, 11) is 0. The highest BCUT2D eigenvalue weighted by Gasteiger charge is 2.22. The fourth-order valence-corrected chi connectivity index (χ4v) is 3.35. The Morgan fingerprint density at radius 1 is 0.710 bits per heavy atom. The zero-order valence-corrected chi connectivity index (χ0v) is 18.5.